The molecule has 0 bridgehead atoms. The van der Waals surface area contributed by atoms with Gasteiger partial charge < -0.3 is 5.73 Å². The van der Waals surface area contributed by atoms with Crippen LogP contribution in [0.1, 0.15) is 24.1 Å². The molecule has 0 fully saturated rings. The van der Waals surface area contributed by atoms with Crippen molar-refractivity contribution in [2.24, 2.45) is 0 Å². The minimum atomic E-state index is -0.527. The molecule has 0 amide bonds. The molecule has 1 aromatic heterocycles. The van der Waals surface area contributed by atoms with E-state index in [0.29, 0.717) is 0 Å². The van der Waals surface area contributed by atoms with E-state index in [1.807, 2.05) is 38.1 Å². The second-order valence-corrected chi connectivity index (χ2v) is 4.20. The van der Waals surface area contributed by atoms with Gasteiger partial charge in [-0.3, -0.25) is 10.1 Å². The van der Waals surface area contributed by atoms with E-state index in [1.165, 1.54) is 10.9 Å². The van der Waals surface area contributed by atoms with Gasteiger partial charge >= 0.3 is 5.69 Å². The van der Waals surface area contributed by atoms with E-state index in [9.17, 15) is 10.1 Å². The summed E-state index contributed by atoms with van der Waals surface area (Å²) in [5.41, 5.74) is 7.74. The van der Waals surface area contributed by atoms with Gasteiger partial charge in [-0.1, -0.05) is 29.8 Å². The summed E-state index contributed by atoms with van der Waals surface area (Å²) in [6, 6.07) is 7.76. The highest BCUT2D eigenvalue weighted by atomic mass is 16.6. The minimum Gasteiger partial charge on any atom is -0.378 e. The number of hydrogen-bond acceptors (Lipinski definition) is 4. The van der Waals surface area contributed by atoms with Crippen molar-refractivity contribution >= 4 is 11.5 Å². The van der Waals surface area contributed by atoms with Crippen molar-refractivity contribution in [2.45, 2.75) is 19.9 Å². The topological polar surface area (TPSA) is 87.0 Å². The number of nitrogens with two attached hydrogens (primary N) is 1. The maximum absolute atomic E-state index is 10.7. The van der Waals surface area contributed by atoms with Crippen molar-refractivity contribution in [3.05, 3.63) is 51.7 Å². The van der Waals surface area contributed by atoms with E-state index < -0.39 is 4.92 Å². The van der Waals surface area contributed by atoms with Gasteiger partial charge in [0.1, 0.15) is 6.20 Å². The van der Waals surface area contributed by atoms with E-state index >= 15 is 0 Å². The third-order valence-corrected chi connectivity index (χ3v) is 2.94. The van der Waals surface area contributed by atoms with E-state index in [2.05, 4.69) is 5.10 Å². The molecular weight excluding hydrogens is 232 g/mol. The molecule has 2 aromatic rings. The first kappa shape index (κ1) is 12.1. The monoisotopic (exact) mass is 246 g/mol. The van der Waals surface area contributed by atoms with Crippen LogP contribution in [0.15, 0.2) is 30.5 Å². The summed E-state index contributed by atoms with van der Waals surface area (Å²) in [6.07, 6.45) is 1.18. The Morgan fingerprint density at radius 3 is 2.50 bits per heavy atom. The van der Waals surface area contributed by atoms with Gasteiger partial charge in [0.05, 0.1) is 11.0 Å². The first-order valence-electron chi connectivity index (χ1n) is 5.54. The average molecular weight is 246 g/mol. The van der Waals surface area contributed by atoms with Crippen LogP contribution in [0.3, 0.4) is 0 Å². The van der Waals surface area contributed by atoms with Gasteiger partial charge in [-0.15, -0.1) is 0 Å². The Hall–Kier alpha value is -2.37. The van der Waals surface area contributed by atoms with Crippen LogP contribution in [0.5, 0.6) is 0 Å². The molecule has 6 nitrogen and oxygen atoms in total. The molecular formula is C12H14N4O2. The number of aromatic nitrogens is 2. The Morgan fingerprint density at radius 2 is 2.00 bits per heavy atom. The van der Waals surface area contributed by atoms with Gasteiger partial charge in [0.2, 0.25) is 5.82 Å². The van der Waals surface area contributed by atoms with Gasteiger partial charge in [-0.25, -0.2) is 4.68 Å². The van der Waals surface area contributed by atoms with Crippen molar-refractivity contribution in [1.82, 2.24) is 9.78 Å². The molecule has 1 unspecified atom stereocenters. The number of nitro groups is 1. The van der Waals surface area contributed by atoms with Gasteiger partial charge in [-0.2, -0.15) is 5.10 Å². The fourth-order valence-electron chi connectivity index (χ4n) is 1.80. The number of hydrogen-bond donors (Lipinski definition) is 1. The lowest BCUT2D eigenvalue weighted by Gasteiger charge is -2.13. The quantitative estimate of drug-likeness (QED) is 0.664. The molecule has 0 saturated heterocycles. The standard InChI is InChI=1S/C12H14N4O2/c1-8-3-5-10(6-4-8)9(2)15-12(13)11(7-14-15)16(17)18/h3-7,9H,13H2,1-2H3. The van der Waals surface area contributed by atoms with E-state index in [4.69, 9.17) is 5.73 Å². The van der Waals surface area contributed by atoms with Crippen molar-refractivity contribution in [3.63, 3.8) is 0 Å². The molecule has 1 heterocycles. The number of nitrogen functional groups attached to an aromatic ring is 1. The van der Waals surface area contributed by atoms with Crippen molar-refractivity contribution < 1.29 is 4.92 Å². The smallest absolute Gasteiger partial charge is 0.330 e. The molecule has 1 aromatic carbocycles. The fraction of sp³-hybridized carbons (Fsp3) is 0.250. The van der Waals surface area contributed by atoms with Crippen LogP contribution in [0, 0.1) is 17.0 Å². The Kier molecular flexibility index (Phi) is 3.01. The fourth-order valence-corrected chi connectivity index (χ4v) is 1.80. The Morgan fingerprint density at radius 1 is 1.39 bits per heavy atom. The van der Waals surface area contributed by atoms with Gasteiger partial charge in [0, 0.05) is 0 Å². The van der Waals surface area contributed by atoms with Crippen LogP contribution in [0.4, 0.5) is 11.5 Å². The zero-order valence-corrected chi connectivity index (χ0v) is 10.2. The summed E-state index contributed by atoms with van der Waals surface area (Å²) >= 11 is 0. The molecule has 1 atom stereocenters. The Bertz CT molecular complexity index is 574. The molecule has 2 N–H and O–H groups in total. The maximum Gasteiger partial charge on any atom is 0.330 e. The van der Waals surface area contributed by atoms with Crippen LogP contribution in [0.25, 0.3) is 0 Å². The van der Waals surface area contributed by atoms with Gasteiger partial charge in [0.25, 0.3) is 0 Å². The summed E-state index contributed by atoms with van der Waals surface area (Å²) < 4.78 is 1.46. The molecule has 0 aliphatic rings. The van der Waals surface area contributed by atoms with Gasteiger partial charge in [-0.05, 0) is 19.4 Å². The predicted octanol–water partition coefficient (Wildman–Crippen LogP) is 2.29. The first-order valence-corrected chi connectivity index (χ1v) is 5.54. The lowest BCUT2D eigenvalue weighted by molar-refractivity contribution is -0.384. The molecule has 0 aliphatic heterocycles. The van der Waals surface area contributed by atoms with E-state index in [0.717, 1.165) is 11.1 Å². The zero-order valence-electron chi connectivity index (χ0n) is 10.2. The minimum absolute atomic E-state index is 0.0769. The second-order valence-electron chi connectivity index (χ2n) is 4.20. The summed E-state index contributed by atoms with van der Waals surface area (Å²) in [5.74, 6) is 0.0769. The lowest BCUT2D eigenvalue weighted by atomic mass is 10.1. The molecule has 2 rings (SSSR count). The third kappa shape index (κ3) is 2.04. The predicted molar refractivity (Wildman–Crippen MR) is 68.3 cm³/mol. The molecule has 0 saturated carbocycles. The number of anilines is 1. The zero-order chi connectivity index (χ0) is 13.3. The Balaban J connectivity index is 2.37. The van der Waals surface area contributed by atoms with Crippen LogP contribution in [-0.2, 0) is 0 Å². The first-order chi connectivity index (χ1) is 8.50. The molecule has 0 spiro atoms. The second kappa shape index (κ2) is 4.48. The highest BCUT2D eigenvalue weighted by molar-refractivity contribution is 5.52. The lowest BCUT2D eigenvalue weighted by Crippen LogP contribution is -2.11. The molecule has 0 radical (unpaired) electrons. The van der Waals surface area contributed by atoms with E-state index in [1.54, 1.807) is 0 Å². The van der Waals surface area contributed by atoms with Crippen molar-refractivity contribution in [2.75, 3.05) is 5.73 Å². The highest BCUT2D eigenvalue weighted by Crippen LogP contribution is 2.26. The number of aryl methyl sites for hydroxylation is 1. The summed E-state index contributed by atoms with van der Waals surface area (Å²) in [7, 11) is 0. The highest BCUT2D eigenvalue weighted by Gasteiger charge is 2.21. The molecule has 94 valence electrons. The molecule has 0 aliphatic carbocycles. The third-order valence-electron chi connectivity index (χ3n) is 2.94. The maximum atomic E-state index is 10.7. The summed E-state index contributed by atoms with van der Waals surface area (Å²) in [6.45, 7) is 3.90. The normalized spacial score (nSPS) is 12.3. The number of benzene rings is 1. The number of rotatable bonds is 3. The van der Waals surface area contributed by atoms with Crippen LogP contribution in [-0.4, -0.2) is 14.7 Å². The van der Waals surface area contributed by atoms with Crippen LogP contribution in [0.2, 0.25) is 0 Å². The van der Waals surface area contributed by atoms with Crippen LogP contribution < -0.4 is 5.73 Å². The molecule has 18 heavy (non-hydrogen) atoms. The Labute approximate surface area is 104 Å². The molecule has 6 heteroatoms. The SMILES string of the molecule is Cc1ccc(C(C)n2ncc([N+](=O)[O-])c2N)cc1. The number of nitrogens with zero attached hydrogens (tertiary/aromatic N) is 3. The van der Waals surface area contributed by atoms with E-state index in [-0.39, 0.29) is 17.5 Å². The van der Waals surface area contributed by atoms with Gasteiger partial charge in [0.15, 0.2) is 0 Å². The summed E-state index contributed by atoms with van der Waals surface area (Å²) in [5, 5.41) is 14.7. The summed E-state index contributed by atoms with van der Waals surface area (Å²) in [4.78, 5) is 10.2. The van der Waals surface area contributed by atoms with Crippen LogP contribution >= 0.6 is 0 Å². The largest absolute Gasteiger partial charge is 0.378 e. The van der Waals surface area contributed by atoms with Crippen molar-refractivity contribution in [1.29, 1.82) is 0 Å². The van der Waals surface area contributed by atoms with Crippen molar-refractivity contribution in [3.8, 4) is 0 Å². The average Bonchev–Trinajstić information content (AvgIpc) is 2.71.